The van der Waals surface area contributed by atoms with Crippen LogP contribution in [0, 0.1) is 3.57 Å². The SMILES string of the molecule is CC(F)(F)c1ccccc1OC(=O)c1ccc(I)cc1. The number of hydrogen-bond donors (Lipinski definition) is 0. The Bertz CT molecular complexity index is 619. The molecule has 0 amide bonds. The van der Waals surface area contributed by atoms with E-state index in [2.05, 4.69) is 22.6 Å². The van der Waals surface area contributed by atoms with Gasteiger partial charge in [0, 0.05) is 10.5 Å². The smallest absolute Gasteiger partial charge is 0.343 e. The second-order valence-corrected chi connectivity index (χ2v) is 5.53. The fourth-order valence-electron chi connectivity index (χ4n) is 1.66. The summed E-state index contributed by atoms with van der Waals surface area (Å²) < 4.78 is 32.9. The van der Waals surface area contributed by atoms with Crippen molar-refractivity contribution in [3.63, 3.8) is 0 Å². The molecule has 0 saturated heterocycles. The minimum atomic E-state index is -3.07. The summed E-state index contributed by atoms with van der Waals surface area (Å²) in [6.45, 7) is 0.768. The highest BCUT2D eigenvalue weighted by Crippen LogP contribution is 2.34. The zero-order chi connectivity index (χ0) is 14.8. The maximum absolute atomic E-state index is 13.4. The number of benzene rings is 2. The molecule has 0 heterocycles. The van der Waals surface area contributed by atoms with Crippen LogP contribution in [0.25, 0.3) is 0 Å². The lowest BCUT2D eigenvalue weighted by atomic mass is 10.1. The van der Waals surface area contributed by atoms with E-state index in [1.807, 2.05) is 0 Å². The molecule has 20 heavy (non-hydrogen) atoms. The van der Waals surface area contributed by atoms with Gasteiger partial charge in [0.1, 0.15) is 5.75 Å². The molecule has 2 nitrogen and oxygen atoms in total. The van der Waals surface area contributed by atoms with E-state index < -0.39 is 11.9 Å². The molecular formula is C15H11F2IO2. The largest absolute Gasteiger partial charge is 0.422 e. The summed E-state index contributed by atoms with van der Waals surface area (Å²) in [6, 6.07) is 12.3. The third kappa shape index (κ3) is 3.53. The normalized spacial score (nSPS) is 11.2. The van der Waals surface area contributed by atoms with Crippen molar-refractivity contribution in [3.05, 3.63) is 63.2 Å². The van der Waals surface area contributed by atoms with Crippen molar-refractivity contribution < 1.29 is 18.3 Å². The molecule has 0 N–H and O–H groups in total. The zero-order valence-corrected chi connectivity index (χ0v) is 12.7. The van der Waals surface area contributed by atoms with Crippen LogP contribution in [0.4, 0.5) is 8.78 Å². The molecule has 0 unspecified atom stereocenters. The molecule has 0 aliphatic carbocycles. The first-order valence-electron chi connectivity index (χ1n) is 5.83. The lowest BCUT2D eigenvalue weighted by Crippen LogP contribution is -2.14. The molecule has 0 saturated carbocycles. The Hall–Kier alpha value is -1.50. The first kappa shape index (κ1) is 14.9. The summed E-state index contributed by atoms with van der Waals surface area (Å²) >= 11 is 2.11. The third-order valence-corrected chi connectivity index (χ3v) is 3.36. The molecule has 0 spiro atoms. The van der Waals surface area contributed by atoms with Crippen molar-refractivity contribution in [2.24, 2.45) is 0 Å². The highest BCUT2D eigenvalue weighted by atomic mass is 127. The van der Waals surface area contributed by atoms with Crippen molar-refractivity contribution in [1.29, 1.82) is 0 Å². The summed E-state index contributed by atoms with van der Waals surface area (Å²) in [4.78, 5) is 11.9. The Balaban J connectivity index is 2.26. The van der Waals surface area contributed by atoms with E-state index in [4.69, 9.17) is 4.74 Å². The van der Waals surface area contributed by atoms with Gasteiger partial charge in [-0.05, 0) is 59.0 Å². The van der Waals surface area contributed by atoms with Crippen LogP contribution in [-0.2, 0) is 5.92 Å². The van der Waals surface area contributed by atoms with E-state index >= 15 is 0 Å². The number of halogens is 3. The molecule has 104 valence electrons. The van der Waals surface area contributed by atoms with Gasteiger partial charge in [-0.2, -0.15) is 0 Å². The monoisotopic (exact) mass is 388 g/mol. The van der Waals surface area contributed by atoms with Gasteiger partial charge in [0.15, 0.2) is 0 Å². The van der Waals surface area contributed by atoms with Crippen LogP contribution >= 0.6 is 22.6 Å². The summed E-state index contributed by atoms with van der Waals surface area (Å²) in [5, 5.41) is 0. The molecule has 0 aliphatic heterocycles. The van der Waals surface area contributed by atoms with Gasteiger partial charge in [0.25, 0.3) is 5.92 Å². The number of alkyl halides is 2. The fourth-order valence-corrected chi connectivity index (χ4v) is 2.02. The van der Waals surface area contributed by atoms with Crippen molar-refractivity contribution in [2.45, 2.75) is 12.8 Å². The maximum Gasteiger partial charge on any atom is 0.343 e. The molecule has 0 radical (unpaired) electrons. The maximum atomic E-state index is 13.4. The standard InChI is InChI=1S/C15H11F2IO2/c1-15(16,17)12-4-2-3-5-13(12)20-14(19)10-6-8-11(18)9-7-10/h2-9H,1H3. The molecule has 2 aromatic carbocycles. The fraction of sp³-hybridized carbons (Fsp3) is 0.133. The van der Waals surface area contributed by atoms with Crippen LogP contribution in [0.5, 0.6) is 5.75 Å². The molecular weight excluding hydrogens is 377 g/mol. The van der Waals surface area contributed by atoms with Crippen molar-refractivity contribution >= 4 is 28.6 Å². The number of ether oxygens (including phenoxy) is 1. The van der Waals surface area contributed by atoms with Crippen LogP contribution in [0.2, 0.25) is 0 Å². The minimum absolute atomic E-state index is 0.122. The van der Waals surface area contributed by atoms with Gasteiger partial charge >= 0.3 is 5.97 Å². The van der Waals surface area contributed by atoms with Gasteiger partial charge < -0.3 is 4.74 Å². The minimum Gasteiger partial charge on any atom is -0.422 e. The number of carbonyl (C=O) groups excluding carboxylic acids is 1. The lowest BCUT2D eigenvalue weighted by molar-refractivity contribution is 0.0147. The average Bonchev–Trinajstić information content (AvgIpc) is 2.38. The quantitative estimate of drug-likeness (QED) is 0.436. The van der Waals surface area contributed by atoms with Crippen molar-refractivity contribution in [2.75, 3.05) is 0 Å². The first-order valence-corrected chi connectivity index (χ1v) is 6.91. The zero-order valence-electron chi connectivity index (χ0n) is 10.6. The highest BCUT2D eigenvalue weighted by Gasteiger charge is 2.29. The van der Waals surface area contributed by atoms with Gasteiger partial charge in [-0.3, -0.25) is 0 Å². The predicted molar refractivity (Wildman–Crippen MR) is 80.1 cm³/mol. The Labute approximate surface area is 128 Å². The number of carbonyl (C=O) groups is 1. The Morgan fingerprint density at radius 1 is 1.10 bits per heavy atom. The summed E-state index contributed by atoms with van der Waals surface area (Å²) in [5.41, 5.74) is 0.0125. The van der Waals surface area contributed by atoms with Gasteiger partial charge in [-0.25, -0.2) is 13.6 Å². The van der Waals surface area contributed by atoms with E-state index in [0.717, 1.165) is 10.5 Å². The van der Waals surface area contributed by atoms with Gasteiger partial charge in [0.05, 0.1) is 11.1 Å². The Morgan fingerprint density at radius 3 is 2.30 bits per heavy atom. The molecule has 2 rings (SSSR count). The molecule has 2 aromatic rings. The molecule has 5 heteroatoms. The third-order valence-electron chi connectivity index (χ3n) is 2.64. The summed E-state index contributed by atoms with van der Waals surface area (Å²) in [6.07, 6.45) is 0. The number of hydrogen-bond acceptors (Lipinski definition) is 2. The first-order chi connectivity index (χ1) is 9.38. The molecule has 0 aromatic heterocycles. The molecule has 0 aliphatic rings. The second kappa shape index (κ2) is 5.87. The van der Waals surface area contributed by atoms with Crippen LogP contribution in [0.1, 0.15) is 22.8 Å². The topological polar surface area (TPSA) is 26.3 Å². The van der Waals surface area contributed by atoms with Gasteiger partial charge in [-0.15, -0.1) is 0 Å². The van der Waals surface area contributed by atoms with E-state index in [9.17, 15) is 13.6 Å². The van der Waals surface area contributed by atoms with Crippen molar-refractivity contribution in [1.82, 2.24) is 0 Å². The molecule has 0 fully saturated rings. The van der Waals surface area contributed by atoms with Gasteiger partial charge in [-0.1, -0.05) is 12.1 Å². The van der Waals surface area contributed by atoms with Crippen LogP contribution in [0.15, 0.2) is 48.5 Å². The predicted octanol–water partition coefficient (Wildman–Crippen LogP) is 4.62. The molecule has 0 atom stereocenters. The lowest BCUT2D eigenvalue weighted by Gasteiger charge is -2.15. The highest BCUT2D eigenvalue weighted by molar-refractivity contribution is 14.1. The summed E-state index contributed by atoms with van der Waals surface area (Å²) in [7, 11) is 0. The molecule has 0 bridgehead atoms. The number of esters is 1. The Kier molecular flexibility index (Phi) is 4.37. The van der Waals surface area contributed by atoms with Crippen molar-refractivity contribution in [3.8, 4) is 5.75 Å². The van der Waals surface area contributed by atoms with Crippen LogP contribution < -0.4 is 4.74 Å². The van der Waals surface area contributed by atoms with Gasteiger partial charge in [0.2, 0.25) is 0 Å². The van der Waals surface area contributed by atoms with E-state index in [1.54, 1.807) is 30.3 Å². The van der Waals surface area contributed by atoms with Crippen LogP contribution in [0.3, 0.4) is 0 Å². The number of rotatable bonds is 3. The average molecular weight is 388 g/mol. The number of para-hydroxylation sites is 1. The summed E-state index contributed by atoms with van der Waals surface area (Å²) in [5.74, 6) is -3.84. The van der Waals surface area contributed by atoms with Crippen LogP contribution in [-0.4, -0.2) is 5.97 Å². The Morgan fingerprint density at radius 2 is 1.70 bits per heavy atom. The van der Waals surface area contributed by atoms with E-state index in [1.165, 1.54) is 18.2 Å². The van der Waals surface area contributed by atoms with E-state index in [0.29, 0.717) is 5.56 Å². The van der Waals surface area contributed by atoms with E-state index in [-0.39, 0.29) is 11.3 Å². The second-order valence-electron chi connectivity index (χ2n) is 4.28.